The van der Waals surface area contributed by atoms with Crippen LogP contribution in [0, 0.1) is 6.92 Å². The highest BCUT2D eigenvalue weighted by molar-refractivity contribution is 9.10. The third-order valence-electron chi connectivity index (χ3n) is 3.07. The molecule has 8 heteroatoms. The Balaban J connectivity index is 1.73. The van der Waals surface area contributed by atoms with E-state index in [-0.39, 0.29) is 18.3 Å². The molecule has 118 valence electrons. The fraction of sp³-hybridized carbons (Fsp3) is 0.133. The minimum Gasteiger partial charge on any atom is -0.459 e. The van der Waals surface area contributed by atoms with E-state index in [0.29, 0.717) is 11.4 Å². The van der Waals surface area contributed by atoms with Crippen LogP contribution < -0.4 is 11.1 Å². The van der Waals surface area contributed by atoms with E-state index in [9.17, 15) is 9.59 Å². The van der Waals surface area contributed by atoms with Crippen LogP contribution in [0.3, 0.4) is 0 Å². The Kier molecular flexibility index (Phi) is 4.16. The van der Waals surface area contributed by atoms with E-state index < -0.39 is 5.76 Å². The van der Waals surface area contributed by atoms with Crippen molar-refractivity contribution in [2.24, 2.45) is 0 Å². The summed E-state index contributed by atoms with van der Waals surface area (Å²) in [6.07, 6.45) is 1.44. The number of furan rings is 1. The Morgan fingerprint density at radius 2 is 2.22 bits per heavy atom. The van der Waals surface area contributed by atoms with Gasteiger partial charge in [0, 0.05) is 10.2 Å². The van der Waals surface area contributed by atoms with E-state index in [1.54, 1.807) is 18.2 Å². The highest BCUT2D eigenvalue weighted by Crippen LogP contribution is 2.20. The van der Waals surface area contributed by atoms with Gasteiger partial charge in [0.15, 0.2) is 5.76 Å². The smallest absolute Gasteiger partial charge is 0.437 e. The van der Waals surface area contributed by atoms with Crippen molar-refractivity contribution in [1.29, 1.82) is 0 Å². The Labute approximate surface area is 139 Å². The first-order chi connectivity index (χ1) is 11.0. The molecular formula is C15H12BrN3O4. The third kappa shape index (κ3) is 3.42. The average molecular weight is 378 g/mol. The number of aromatic nitrogens is 2. The molecule has 0 aliphatic rings. The molecule has 1 aromatic carbocycles. The Morgan fingerprint density at radius 1 is 1.39 bits per heavy atom. The topological polar surface area (TPSA) is 90.3 Å². The fourth-order valence-corrected chi connectivity index (χ4v) is 2.21. The van der Waals surface area contributed by atoms with Crippen LogP contribution in [0.2, 0.25) is 0 Å². The van der Waals surface area contributed by atoms with Crippen molar-refractivity contribution >= 4 is 27.5 Å². The average Bonchev–Trinajstić information content (AvgIpc) is 3.13. The first-order valence-corrected chi connectivity index (χ1v) is 7.50. The molecule has 0 saturated heterocycles. The lowest BCUT2D eigenvalue weighted by Gasteiger charge is -2.06. The number of aryl methyl sites for hydroxylation is 1. The summed E-state index contributed by atoms with van der Waals surface area (Å²) in [7, 11) is 0. The molecule has 0 aliphatic heterocycles. The van der Waals surface area contributed by atoms with E-state index in [1.807, 2.05) is 19.1 Å². The van der Waals surface area contributed by atoms with Crippen molar-refractivity contribution < 1.29 is 13.6 Å². The molecule has 7 nitrogen and oxygen atoms in total. The van der Waals surface area contributed by atoms with Gasteiger partial charge in [-0.1, -0.05) is 15.9 Å². The number of nitrogens with zero attached hydrogens (tertiary/aromatic N) is 2. The highest BCUT2D eigenvalue weighted by atomic mass is 79.9. The van der Waals surface area contributed by atoms with Crippen LogP contribution in [0.4, 0.5) is 5.69 Å². The zero-order valence-corrected chi connectivity index (χ0v) is 13.7. The molecule has 2 heterocycles. The summed E-state index contributed by atoms with van der Waals surface area (Å²) in [5.41, 5.74) is 1.63. The Bertz CT molecular complexity index is 896. The maximum Gasteiger partial charge on any atom is 0.437 e. The zero-order valence-electron chi connectivity index (χ0n) is 12.1. The second-order valence-corrected chi connectivity index (χ2v) is 5.67. The van der Waals surface area contributed by atoms with Crippen molar-refractivity contribution in [3.05, 3.63) is 57.2 Å². The number of benzene rings is 1. The molecule has 3 rings (SSSR count). The van der Waals surface area contributed by atoms with Gasteiger partial charge < -0.3 is 14.2 Å². The lowest BCUT2D eigenvalue weighted by molar-refractivity contribution is -0.117. The van der Waals surface area contributed by atoms with Crippen LogP contribution in [0.5, 0.6) is 0 Å². The fourth-order valence-electron chi connectivity index (χ4n) is 1.96. The monoisotopic (exact) mass is 377 g/mol. The van der Waals surface area contributed by atoms with Crippen LogP contribution >= 0.6 is 15.9 Å². The molecule has 0 saturated carbocycles. The van der Waals surface area contributed by atoms with Gasteiger partial charge in [-0.05, 0) is 42.8 Å². The molecule has 0 radical (unpaired) electrons. The molecule has 23 heavy (non-hydrogen) atoms. The van der Waals surface area contributed by atoms with Crippen LogP contribution in [-0.2, 0) is 11.3 Å². The third-order valence-corrected chi connectivity index (χ3v) is 3.96. The molecule has 1 amide bonds. The number of halogens is 1. The van der Waals surface area contributed by atoms with Crippen LogP contribution in [0.1, 0.15) is 5.56 Å². The van der Waals surface area contributed by atoms with Crippen molar-refractivity contribution in [3.63, 3.8) is 0 Å². The summed E-state index contributed by atoms with van der Waals surface area (Å²) in [5, 5.41) is 6.65. The molecular weight excluding hydrogens is 366 g/mol. The molecule has 0 unspecified atom stereocenters. The van der Waals surface area contributed by atoms with Gasteiger partial charge in [0.25, 0.3) is 5.89 Å². The van der Waals surface area contributed by atoms with Gasteiger partial charge in [0.05, 0.1) is 6.26 Å². The van der Waals surface area contributed by atoms with E-state index in [2.05, 4.69) is 26.3 Å². The maximum atomic E-state index is 12.0. The predicted molar refractivity (Wildman–Crippen MR) is 86.0 cm³/mol. The minimum absolute atomic E-state index is 0.0345. The van der Waals surface area contributed by atoms with Gasteiger partial charge in [-0.2, -0.15) is 4.68 Å². The van der Waals surface area contributed by atoms with E-state index in [1.165, 1.54) is 6.26 Å². The van der Waals surface area contributed by atoms with Crippen LogP contribution in [-0.4, -0.2) is 15.7 Å². The van der Waals surface area contributed by atoms with Gasteiger partial charge in [-0.15, -0.1) is 5.10 Å². The molecule has 2 aromatic heterocycles. The Hall–Kier alpha value is -2.61. The predicted octanol–water partition coefficient (Wildman–Crippen LogP) is 2.81. The molecule has 0 bridgehead atoms. The highest BCUT2D eigenvalue weighted by Gasteiger charge is 2.15. The first-order valence-electron chi connectivity index (χ1n) is 6.71. The van der Waals surface area contributed by atoms with Gasteiger partial charge in [-0.3, -0.25) is 4.79 Å². The van der Waals surface area contributed by atoms with E-state index in [4.69, 9.17) is 8.83 Å². The van der Waals surface area contributed by atoms with Crippen LogP contribution in [0.25, 0.3) is 11.7 Å². The van der Waals surface area contributed by atoms with Crippen molar-refractivity contribution in [2.75, 3.05) is 5.32 Å². The molecule has 0 atom stereocenters. The zero-order chi connectivity index (χ0) is 16.4. The number of hydrogen-bond acceptors (Lipinski definition) is 5. The summed E-state index contributed by atoms with van der Waals surface area (Å²) in [6.45, 7) is 1.66. The number of nitrogens with one attached hydrogen (secondary N) is 1. The van der Waals surface area contributed by atoms with Gasteiger partial charge in [-0.25, -0.2) is 4.79 Å². The van der Waals surface area contributed by atoms with E-state index >= 15 is 0 Å². The maximum absolute atomic E-state index is 12.0. The van der Waals surface area contributed by atoms with Crippen LogP contribution in [0.15, 0.2) is 54.7 Å². The minimum atomic E-state index is -0.724. The molecule has 0 fully saturated rings. The largest absolute Gasteiger partial charge is 0.459 e. The summed E-state index contributed by atoms with van der Waals surface area (Å²) >= 11 is 3.39. The first kappa shape index (κ1) is 15.3. The number of hydrogen-bond donors (Lipinski definition) is 1. The molecule has 1 N–H and O–H groups in total. The molecule has 3 aromatic rings. The normalized spacial score (nSPS) is 10.7. The number of carbonyl (C=O) groups excluding carboxylic acids is 1. The molecule has 0 spiro atoms. The van der Waals surface area contributed by atoms with Gasteiger partial charge >= 0.3 is 5.76 Å². The van der Waals surface area contributed by atoms with Crippen molar-refractivity contribution in [3.8, 4) is 11.7 Å². The number of anilines is 1. The Morgan fingerprint density at radius 3 is 2.91 bits per heavy atom. The summed E-state index contributed by atoms with van der Waals surface area (Å²) in [5.74, 6) is -0.747. The summed E-state index contributed by atoms with van der Waals surface area (Å²) in [4.78, 5) is 23.8. The second-order valence-electron chi connectivity index (χ2n) is 4.82. The van der Waals surface area contributed by atoms with Gasteiger partial charge in [0.2, 0.25) is 5.91 Å². The second kappa shape index (κ2) is 6.25. The van der Waals surface area contributed by atoms with E-state index in [0.717, 1.165) is 14.7 Å². The quantitative estimate of drug-likeness (QED) is 0.754. The van der Waals surface area contributed by atoms with Gasteiger partial charge in [0.1, 0.15) is 6.54 Å². The SMILES string of the molecule is Cc1cc(NC(=O)Cn2nc(-c3ccco3)oc2=O)ccc1Br. The lowest BCUT2D eigenvalue weighted by Crippen LogP contribution is -2.25. The number of carbonyl (C=O) groups is 1. The number of rotatable bonds is 4. The number of amides is 1. The van der Waals surface area contributed by atoms with Crippen molar-refractivity contribution in [2.45, 2.75) is 13.5 Å². The summed E-state index contributed by atoms with van der Waals surface area (Å²) in [6, 6.07) is 8.68. The van der Waals surface area contributed by atoms with Crippen molar-refractivity contribution in [1.82, 2.24) is 9.78 Å². The molecule has 0 aliphatic carbocycles. The standard InChI is InChI=1S/C15H12BrN3O4/c1-9-7-10(4-5-11(9)16)17-13(20)8-19-15(21)23-14(18-19)12-3-2-6-22-12/h2-7H,8H2,1H3,(H,17,20). The summed E-state index contributed by atoms with van der Waals surface area (Å²) < 4.78 is 12.0. The lowest BCUT2D eigenvalue weighted by atomic mass is 10.2.